The Morgan fingerprint density at radius 1 is 0.867 bits per heavy atom. The van der Waals surface area contributed by atoms with Crippen molar-refractivity contribution >= 4 is 52.6 Å². The highest BCUT2D eigenvalue weighted by Crippen LogP contribution is 2.65. The van der Waals surface area contributed by atoms with Gasteiger partial charge >= 0.3 is 12.5 Å². The number of likely N-dealkylation sites (tertiary alicyclic amines) is 1. The maximum Gasteiger partial charge on any atom is 0.573 e. The predicted octanol–water partition coefficient (Wildman–Crippen LogP) is 7.94. The standard InChI is InChI=1S/C41H30Cl2F6N4O7/c42-22-5-3-20(4-6-22)39-29(36(57)53(38(39)59)51-34-30(43)15-21(18-50-34)40(44,45)46)17-27-25(33(39)28-16-24(9-12-31(28)55)60-41(47,48)49)10-11-26-32(27)37(58)52(35(26)56)14-13-19-1-7-23(54)8-2-19/h1-10,12,15-16,18,26-27,29,32-33,54-55H,11,13-14,17H2,(H,50,51). The van der Waals surface area contributed by atoms with Gasteiger partial charge in [-0.2, -0.15) is 18.2 Å². The molecule has 4 aliphatic rings. The lowest BCUT2D eigenvalue weighted by atomic mass is 9.49. The number of hydrogen-bond acceptors (Lipinski definition) is 9. The molecule has 3 aromatic carbocycles. The van der Waals surface area contributed by atoms with Crippen molar-refractivity contribution in [1.29, 1.82) is 0 Å². The molecule has 0 spiro atoms. The third-order valence-corrected chi connectivity index (χ3v) is 12.3. The van der Waals surface area contributed by atoms with E-state index in [9.17, 15) is 50.9 Å². The molecule has 3 N–H and O–H groups in total. The molecule has 8 rings (SSSR count). The number of anilines is 1. The first-order chi connectivity index (χ1) is 28.3. The number of ether oxygens (including phenoxy) is 1. The van der Waals surface area contributed by atoms with E-state index in [-0.39, 0.29) is 53.3 Å². The summed E-state index contributed by atoms with van der Waals surface area (Å²) in [6.45, 7) is -0.0350. The van der Waals surface area contributed by atoms with Crippen LogP contribution in [0.15, 0.2) is 90.6 Å². The predicted molar refractivity (Wildman–Crippen MR) is 200 cm³/mol. The van der Waals surface area contributed by atoms with Gasteiger partial charge in [0.05, 0.1) is 33.8 Å². The largest absolute Gasteiger partial charge is 0.573 e. The highest BCUT2D eigenvalue weighted by molar-refractivity contribution is 6.33. The number of benzene rings is 3. The van der Waals surface area contributed by atoms with Crippen LogP contribution >= 0.6 is 23.2 Å². The Morgan fingerprint density at radius 3 is 2.22 bits per heavy atom. The summed E-state index contributed by atoms with van der Waals surface area (Å²) in [6, 6.07) is 15.0. The van der Waals surface area contributed by atoms with Crippen molar-refractivity contribution in [3.63, 3.8) is 0 Å². The fourth-order valence-electron chi connectivity index (χ4n) is 9.28. The van der Waals surface area contributed by atoms with Crippen LogP contribution in [0.4, 0.5) is 32.2 Å². The first-order valence-corrected chi connectivity index (χ1v) is 19.1. The second-order valence-corrected chi connectivity index (χ2v) is 15.8. The molecule has 3 heterocycles. The number of aromatic hydroxyl groups is 2. The number of amides is 4. The Hall–Kier alpha value is -5.81. The second kappa shape index (κ2) is 14.7. The molecule has 2 saturated heterocycles. The van der Waals surface area contributed by atoms with Crippen LogP contribution in [0.25, 0.3) is 0 Å². The molecule has 1 aromatic heterocycles. The number of hydrogen-bond donors (Lipinski definition) is 3. The first-order valence-electron chi connectivity index (χ1n) is 18.3. The molecule has 4 aromatic rings. The van der Waals surface area contributed by atoms with Gasteiger partial charge in [-0.15, -0.1) is 13.2 Å². The molecule has 60 heavy (non-hydrogen) atoms. The summed E-state index contributed by atoms with van der Waals surface area (Å²) in [4.78, 5) is 63.4. The number of phenolic OH excluding ortho intramolecular Hbond substituents is 2. The minimum absolute atomic E-state index is 0.0206. The Morgan fingerprint density at radius 2 is 1.57 bits per heavy atom. The zero-order valence-electron chi connectivity index (χ0n) is 30.6. The second-order valence-electron chi connectivity index (χ2n) is 14.9. The number of imide groups is 2. The fourth-order valence-corrected chi connectivity index (χ4v) is 9.61. The van der Waals surface area contributed by atoms with Gasteiger partial charge < -0.3 is 14.9 Å². The van der Waals surface area contributed by atoms with E-state index in [1.807, 2.05) is 0 Å². The maximum absolute atomic E-state index is 15.3. The van der Waals surface area contributed by atoms with Gasteiger partial charge in [-0.25, -0.2) is 4.98 Å². The van der Waals surface area contributed by atoms with Crippen molar-refractivity contribution in [3.8, 4) is 17.2 Å². The van der Waals surface area contributed by atoms with Gasteiger partial charge in [0.25, 0.3) is 11.8 Å². The van der Waals surface area contributed by atoms with Gasteiger partial charge in [0.1, 0.15) is 17.2 Å². The van der Waals surface area contributed by atoms with E-state index >= 15 is 4.79 Å². The fraction of sp³-hybridized carbons (Fsp3) is 0.293. The maximum atomic E-state index is 15.3. The normalized spacial score (nSPS) is 25.2. The van der Waals surface area contributed by atoms with Crippen molar-refractivity contribution in [3.05, 3.63) is 123 Å². The Balaban J connectivity index is 1.28. The van der Waals surface area contributed by atoms with Crippen LogP contribution in [0.1, 0.15) is 41.0 Å². The van der Waals surface area contributed by atoms with Crippen molar-refractivity contribution < 1.29 is 60.5 Å². The number of alkyl halides is 6. The molecule has 4 amide bonds. The SMILES string of the molecule is O=C1C2CC=C3C(CC4C(=O)N(Nc5ncc(C(F)(F)F)cc5Cl)C(=O)C4(c4ccc(Cl)cc4)C3c3cc(OC(F)(F)F)ccc3O)C2C(=O)N1CCc1ccc(O)cc1. The van der Waals surface area contributed by atoms with Gasteiger partial charge in [-0.1, -0.05) is 59.1 Å². The lowest BCUT2D eigenvalue weighted by molar-refractivity contribution is -0.274. The molecule has 0 radical (unpaired) electrons. The number of carbonyl (C=O) groups excluding carboxylic acids is 4. The van der Waals surface area contributed by atoms with Crippen LogP contribution in [0.5, 0.6) is 17.2 Å². The third-order valence-electron chi connectivity index (χ3n) is 11.8. The molecule has 11 nitrogen and oxygen atoms in total. The van der Waals surface area contributed by atoms with Crippen LogP contribution in [0.3, 0.4) is 0 Å². The summed E-state index contributed by atoms with van der Waals surface area (Å²) in [5.74, 6) is -11.0. The lowest BCUT2D eigenvalue weighted by Gasteiger charge is -2.50. The van der Waals surface area contributed by atoms with Gasteiger partial charge in [-0.3, -0.25) is 29.5 Å². The van der Waals surface area contributed by atoms with Crippen LogP contribution < -0.4 is 10.2 Å². The van der Waals surface area contributed by atoms with Crippen LogP contribution in [-0.4, -0.2) is 61.6 Å². The zero-order chi connectivity index (χ0) is 43.1. The Bertz CT molecular complexity index is 2470. The van der Waals surface area contributed by atoms with E-state index < -0.39 is 99.1 Å². The van der Waals surface area contributed by atoms with Crippen molar-refractivity contribution in [2.75, 3.05) is 12.0 Å². The average Bonchev–Trinajstić information content (AvgIpc) is 3.55. The summed E-state index contributed by atoms with van der Waals surface area (Å²) in [5.41, 5.74) is -0.0840. The number of fused-ring (bicyclic) bond motifs is 4. The van der Waals surface area contributed by atoms with Gasteiger partial charge in [0.15, 0.2) is 5.82 Å². The highest BCUT2D eigenvalue weighted by Gasteiger charge is 2.70. The average molecular weight is 876 g/mol. The number of aromatic nitrogens is 1. The van der Waals surface area contributed by atoms with E-state index in [1.54, 1.807) is 18.2 Å². The van der Waals surface area contributed by atoms with E-state index in [0.29, 0.717) is 22.8 Å². The molecular formula is C41H30Cl2F6N4O7. The molecule has 0 bridgehead atoms. The smallest absolute Gasteiger partial charge is 0.508 e. The molecule has 2 aliphatic heterocycles. The summed E-state index contributed by atoms with van der Waals surface area (Å²) in [5, 5.41) is 21.3. The van der Waals surface area contributed by atoms with Crippen molar-refractivity contribution in [2.45, 2.75) is 43.1 Å². The zero-order valence-corrected chi connectivity index (χ0v) is 32.1. The number of pyridine rings is 1. The van der Waals surface area contributed by atoms with Gasteiger partial charge in [0, 0.05) is 29.2 Å². The molecule has 6 unspecified atom stereocenters. The summed E-state index contributed by atoms with van der Waals surface area (Å²) < 4.78 is 85.6. The highest BCUT2D eigenvalue weighted by atomic mass is 35.5. The molecule has 6 atom stereocenters. The number of rotatable bonds is 8. The van der Waals surface area contributed by atoms with Crippen LogP contribution in [0, 0.1) is 23.7 Å². The van der Waals surface area contributed by atoms with Gasteiger partial charge in [-0.05, 0) is 84.8 Å². The molecule has 1 saturated carbocycles. The summed E-state index contributed by atoms with van der Waals surface area (Å²) >= 11 is 12.5. The quantitative estimate of drug-likeness (QED) is 0.0912. The number of nitrogens with one attached hydrogen (secondary N) is 1. The number of nitrogens with zero attached hydrogens (tertiary/aromatic N) is 3. The third kappa shape index (κ3) is 6.86. The van der Waals surface area contributed by atoms with E-state index in [4.69, 9.17) is 23.2 Å². The van der Waals surface area contributed by atoms with Crippen LogP contribution in [-0.2, 0) is 37.2 Å². The van der Waals surface area contributed by atoms with E-state index in [1.165, 1.54) is 36.4 Å². The summed E-state index contributed by atoms with van der Waals surface area (Å²) in [7, 11) is 0. The Labute approximate surface area is 346 Å². The lowest BCUT2D eigenvalue weighted by Crippen LogP contribution is -2.53. The minimum Gasteiger partial charge on any atom is -0.508 e. The molecule has 3 fully saturated rings. The molecule has 19 heteroatoms. The first kappa shape index (κ1) is 40.9. The van der Waals surface area contributed by atoms with Crippen molar-refractivity contribution in [2.24, 2.45) is 23.7 Å². The molecule has 312 valence electrons. The van der Waals surface area contributed by atoms with Crippen molar-refractivity contribution in [1.82, 2.24) is 14.9 Å². The topological polar surface area (TPSA) is 149 Å². The van der Waals surface area contributed by atoms with Crippen LogP contribution in [0.2, 0.25) is 10.0 Å². The number of allylic oxidation sites excluding steroid dienone is 2. The minimum atomic E-state index is -5.19. The van der Waals surface area contributed by atoms with E-state index in [0.717, 1.165) is 23.1 Å². The Kier molecular flexibility index (Phi) is 10.0. The summed E-state index contributed by atoms with van der Waals surface area (Å²) in [6.07, 6.45) is -8.08. The monoisotopic (exact) mass is 874 g/mol. The molecular weight excluding hydrogens is 845 g/mol. The number of hydrazine groups is 1. The van der Waals surface area contributed by atoms with E-state index in [2.05, 4.69) is 15.1 Å². The molecule has 2 aliphatic carbocycles. The number of halogens is 8. The number of phenols is 2. The van der Waals surface area contributed by atoms with Gasteiger partial charge in [0.2, 0.25) is 11.8 Å². The number of carbonyl (C=O) groups is 4.